The lowest BCUT2D eigenvalue weighted by Crippen LogP contribution is -2.18. The van der Waals surface area contributed by atoms with E-state index in [4.69, 9.17) is 15.3 Å². The number of anilines is 2. The average Bonchev–Trinajstić information content (AvgIpc) is 2.54. The number of rotatable bonds is 3. The Morgan fingerprint density at radius 1 is 1.19 bits per heavy atom. The van der Waals surface area contributed by atoms with Crippen LogP contribution in [0.1, 0.15) is 10.5 Å². The molecule has 0 spiro atoms. The highest BCUT2D eigenvalue weighted by Crippen LogP contribution is 2.32. The number of aromatic nitrogens is 2. The molecule has 0 fully saturated rings. The summed E-state index contributed by atoms with van der Waals surface area (Å²) in [6, 6.07) is 5.17. The fourth-order valence-electron chi connectivity index (χ4n) is 1.86. The van der Waals surface area contributed by atoms with Gasteiger partial charge < -0.3 is 20.2 Å². The zero-order valence-electron chi connectivity index (χ0n) is 11.0. The Morgan fingerprint density at radius 3 is 2.81 bits per heavy atom. The Bertz CT molecular complexity index is 677. The van der Waals surface area contributed by atoms with Crippen molar-refractivity contribution < 1.29 is 14.3 Å². The predicted molar refractivity (Wildman–Crippen MR) is 75.2 cm³/mol. The van der Waals surface area contributed by atoms with Crippen LogP contribution in [-0.4, -0.2) is 29.1 Å². The number of ether oxygens (including phenoxy) is 2. The number of benzene rings is 1. The molecule has 1 aliphatic heterocycles. The molecule has 8 nitrogen and oxygen atoms in total. The van der Waals surface area contributed by atoms with Gasteiger partial charge in [0.2, 0.25) is 0 Å². The zero-order chi connectivity index (χ0) is 14.7. The summed E-state index contributed by atoms with van der Waals surface area (Å²) in [4.78, 5) is 20.0. The first kappa shape index (κ1) is 13.1. The van der Waals surface area contributed by atoms with Gasteiger partial charge in [0.05, 0.1) is 12.4 Å². The first-order valence-corrected chi connectivity index (χ1v) is 6.26. The van der Waals surface area contributed by atoms with Crippen LogP contribution in [0.25, 0.3) is 0 Å². The van der Waals surface area contributed by atoms with Crippen molar-refractivity contribution >= 4 is 17.4 Å². The van der Waals surface area contributed by atoms with Gasteiger partial charge in [-0.25, -0.2) is 10.8 Å². The van der Waals surface area contributed by atoms with Crippen molar-refractivity contribution in [2.24, 2.45) is 5.84 Å². The summed E-state index contributed by atoms with van der Waals surface area (Å²) in [7, 11) is 0. The quantitative estimate of drug-likeness (QED) is 0.565. The third-order valence-electron chi connectivity index (χ3n) is 2.82. The van der Waals surface area contributed by atoms with Crippen molar-refractivity contribution in [1.29, 1.82) is 0 Å². The maximum Gasteiger partial charge on any atom is 0.275 e. The van der Waals surface area contributed by atoms with E-state index in [1.807, 2.05) is 0 Å². The molecule has 1 amide bonds. The Morgan fingerprint density at radius 2 is 2.00 bits per heavy atom. The second kappa shape index (κ2) is 5.63. The van der Waals surface area contributed by atoms with Gasteiger partial charge in [-0.05, 0) is 12.1 Å². The maximum atomic E-state index is 12.1. The molecular weight excluding hydrogens is 274 g/mol. The lowest BCUT2D eigenvalue weighted by molar-refractivity contribution is 0.102. The smallest absolute Gasteiger partial charge is 0.275 e. The summed E-state index contributed by atoms with van der Waals surface area (Å²) in [6.45, 7) is 1.01. The number of amides is 1. The van der Waals surface area contributed by atoms with Crippen molar-refractivity contribution in [1.82, 2.24) is 9.97 Å². The van der Waals surface area contributed by atoms with Crippen LogP contribution >= 0.6 is 0 Å². The number of hydrogen-bond acceptors (Lipinski definition) is 7. The van der Waals surface area contributed by atoms with Crippen molar-refractivity contribution in [3.63, 3.8) is 0 Å². The fraction of sp³-hybridized carbons (Fsp3) is 0.154. The van der Waals surface area contributed by atoms with Crippen LogP contribution in [0.15, 0.2) is 30.6 Å². The minimum absolute atomic E-state index is 0.153. The van der Waals surface area contributed by atoms with Gasteiger partial charge in [-0.15, -0.1) is 0 Å². The van der Waals surface area contributed by atoms with E-state index in [9.17, 15) is 4.79 Å². The van der Waals surface area contributed by atoms with Crippen LogP contribution < -0.4 is 26.1 Å². The Hall–Kier alpha value is -2.87. The van der Waals surface area contributed by atoms with E-state index in [2.05, 4.69) is 20.7 Å². The van der Waals surface area contributed by atoms with Crippen LogP contribution in [0.4, 0.5) is 11.5 Å². The van der Waals surface area contributed by atoms with Gasteiger partial charge in [-0.3, -0.25) is 9.78 Å². The van der Waals surface area contributed by atoms with Crippen molar-refractivity contribution in [2.45, 2.75) is 0 Å². The number of carbonyl (C=O) groups excluding carboxylic acids is 1. The van der Waals surface area contributed by atoms with Gasteiger partial charge >= 0.3 is 0 Å². The molecule has 4 N–H and O–H groups in total. The Balaban J connectivity index is 1.78. The molecular formula is C13H13N5O3. The molecule has 0 bridgehead atoms. The summed E-state index contributed by atoms with van der Waals surface area (Å²) in [6.07, 6.45) is 2.77. The summed E-state index contributed by atoms with van der Waals surface area (Å²) < 4.78 is 10.9. The van der Waals surface area contributed by atoms with E-state index in [-0.39, 0.29) is 5.69 Å². The molecule has 1 aliphatic rings. The van der Waals surface area contributed by atoms with Crippen molar-refractivity contribution in [3.05, 3.63) is 36.3 Å². The van der Waals surface area contributed by atoms with Gasteiger partial charge in [-0.1, -0.05) is 0 Å². The van der Waals surface area contributed by atoms with Crippen LogP contribution in [0.5, 0.6) is 11.5 Å². The molecule has 21 heavy (non-hydrogen) atoms. The predicted octanol–water partition coefficient (Wildman–Crippen LogP) is 0.786. The zero-order valence-corrected chi connectivity index (χ0v) is 11.0. The van der Waals surface area contributed by atoms with E-state index in [1.165, 1.54) is 12.4 Å². The van der Waals surface area contributed by atoms with E-state index in [1.54, 1.807) is 18.2 Å². The number of nitrogens with one attached hydrogen (secondary N) is 2. The van der Waals surface area contributed by atoms with E-state index >= 15 is 0 Å². The minimum Gasteiger partial charge on any atom is -0.486 e. The first-order valence-electron chi connectivity index (χ1n) is 6.26. The molecule has 0 saturated heterocycles. The molecule has 108 valence electrons. The number of nitrogen functional groups attached to an aromatic ring is 1. The molecule has 1 aromatic carbocycles. The summed E-state index contributed by atoms with van der Waals surface area (Å²) in [5, 5.41) is 2.71. The average molecular weight is 287 g/mol. The molecule has 0 aliphatic carbocycles. The highest BCUT2D eigenvalue weighted by Gasteiger charge is 2.14. The Labute approximate surface area is 120 Å². The van der Waals surface area contributed by atoms with Crippen LogP contribution in [0, 0.1) is 0 Å². The molecule has 0 atom stereocenters. The number of hydrazine groups is 1. The second-order valence-electron chi connectivity index (χ2n) is 4.25. The maximum absolute atomic E-state index is 12.1. The number of nitrogens with two attached hydrogens (primary N) is 1. The van der Waals surface area contributed by atoms with Crippen LogP contribution in [0.3, 0.4) is 0 Å². The number of fused-ring (bicyclic) bond motifs is 1. The third-order valence-corrected chi connectivity index (χ3v) is 2.82. The normalized spacial score (nSPS) is 12.6. The highest BCUT2D eigenvalue weighted by atomic mass is 16.6. The molecule has 0 radical (unpaired) electrons. The first-order chi connectivity index (χ1) is 10.3. The lowest BCUT2D eigenvalue weighted by Gasteiger charge is -2.18. The second-order valence-corrected chi connectivity index (χ2v) is 4.25. The third kappa shape index (κ3) is 2.84. The largest absolute Gasteiger partial charge is 0.486 e. The van der Waals surface area contributed by atoms with Gasteiger partial charge in [0.1, 0.15) is 18.9 Å². The van der Waals surface area contributed by atoms with Gasteiger partial charge in [-0.2, -0.15) is 0 Å². The molecule has 3 rings (SSSR count). The molecule has 2 aromatic rings. The Kier molecular flexibility index (Phi) is 3.52. The standard InChI is InChI=1S/C13H13N5O3/c14-18-12-7-15-6-9(17-12)13(19)16-8-1-2-10-11(5-8)21-4-3-20-10/h1-2,5-7H,3-4,14H2,(H,16,19)(H,17,18). The summed E-state index contributed by atoms with van der Waals surface area (Å²) in [5.74, 6) is 6.41. The van der Waals surface area contributed by atoms with Gasteiger partial charge in [0.25, 0.3) is 5.91 Å². The number of hydrogen-bond donors (Lipinski definition) is 3. The molecule has 2 heterocycles. The topological polar surface area (TPSA) is 111 Å². The lowest BCUT2D eigenvalue weighted by atomic mass is 10.2. The molecule has 8 heteroatoms. The number of carbonyl (C=O) groups is 1. The van der Waals surface area contributed by atoms with Crippen molar-refractivity contribution in [2.75, 3.05) is 24.0 Å². The highest BCUT2D eigenvalue weighted by molar-refractivity contribution is 6.03. The van der Waals surface area contributed by atoms with Gasteiger partial charge in [0, 0.05) is 11.8 Å². The molecule has 1 aromatic heterocycles. The van der Waals surface area contributed by atoms with Gasteiger partial charge in [0.15, 0.2) is 17.3 Å². The monoisotopic (exact) mass is 287 g/mol. The SMILES string of the molecule is NNc1cncc(C(=O)Nc2ccc3c(c2)OCCO3)n1. The summed E-state index contributed by atoms with van der Waals surface area (Å²) >= 11 is 0. The van der Waals surface area contributed by atoms with Crippen LogP contribution in [0.2, 0.25) is 0 Å². The fourth-order valence-corrected chi connectivity index (χ4v) is 1.86. The minimum atomic E-state index is -0.392. The summed E-state index contributed by atoms with van der Waals surface area (Å²) in [5.41, 5.74) is 3.07. The van der Waals surface area contributed by atoms with E-state index in [0.717, 1.165) is 0 Å². The number of nitrogens with zero attached hydrogens (tertiary/aromatic N) is 2. The molecule has 0 unspecified atom stereocenters. The van der Waals surface area contributed by atoms with E-state index in [0.29, 0.717) is 36.2 Å². The molecule has 0 saturated carbocycles. The van der Waals surface area contributed by atoms with E-state index < -0.39 is 5.91 Å². The van der Waals surface area contributed by atoms with Crippen LogP contribution in [-0.2, 0) is 0 Å². The van der Waals surface area contributed by atoms with Crippen molar-refractivity contribution in [3.8, 4) is 11.5 Å².